The van der Waals surface area contributed by atoms with Crippen LogP contribution in [-0.4, -0.2) is 31.2 Å². The van der Waals surface area contributed by atoms with Crippen molar-refractivity contribution in [1.29, 1.82) is 5.26 Å². The molecule has 0 aliphatic rings. The highest BCUT2D eigenvalue weighted by atomic mass is 16.5. The van der Waals surface area contributed by atoms with Crippen LogP contribution in [0.3, 0.4) is 0 Å². The summed E-state index contributed by atoms with van der Waals surface area (Å²) in [4.78, 5) is 17.1. The molecule has 1 aromatic heterocycles. The first-order valence-corrected chi connectivity index (χ1v) is 5.41. The minimum Gasteiger partial charge on any atom is -0.466 e. The van der Waals surface area contributed by atoms with E-state index in [1.807, 2.05) is 0 Å². The number of nitrogens with zero attached hydrogens (tertiary/aromatic N) is 3. The van der Waals surface area contributed by atoms with Gasteiger partial charge < -0.3 is 9.64 Å². The fraction of sp³-hybridized carbons (Fsp3) is 0.417. The molecule has 1 rings (SSSR count). The van der Waals surface area contributed by atoms with Crippen LogP contribution < -0.4 is 4.90 Å². The van der Waals surface area contributed by atoms with Crippen molar-refractivity contribution >= 4 is 11.8 Å². The number of rotatable bonds is 5. The molecule has 0 aromatic carbocycles. The van der Waals surface area contributed by atoms with E-state index in [9.17, 15) is 4.79 Å². The number of hydrogen-bond donors (Lipinski definition) is 0. The zero-order chi connectivity index (χ0) is 12.7. The lowest BCUT2D eigenvalue weighted by Gasteiger charge is -2.18. The van der Waals surface area contributed by atoms with Crippen LogP contribution in [0.4, 0.5) is 5.82 Å². The van der Waals surface area contributed by atoms with Crippen molar-refractivity contribution in [1.82, 2.24) is 4.98 Å². The predicted octanol–water partition coefficient (Wildman–Crippen LogP) is 1.34. The zero-order valence-electron chi connectivity index (χ0n) is 10.0. The summed E-state index contributed by atoms with van der Waals surface area (Å²) in [5.74, 6) is 0.341. The van der Waals surface area contributed by atoms with E-state index in [1.165, 1.54) is 0 Å². The molecule has 0 bridgehead atoms. The molecule has 0 aliphatic heterocycles. The highest BCUT2D eigenvalue weighted by Gasteiger charge is 2.10. The minimum atomic E-state index is -0.242. The van der Waals surface area contributed by atoms with Crippen molar-refractivity contribution in [2.45, 2.75) is 13.3 Å². The van der Waals surface area contributed by atoms with Gasteiger partial charge in [0.15, 0.2) is 0 Å². The van der Waals surface area contributed by atoms with Crippen molar-refractivity contribution in [3.63, 3.8) is 0 Å². The number of pyridine rings is 1. The number of ether oxygens (including phenoxy) is 1. The second-order valence-electron chi connectivity index (χ2n) is 3.46. The molecule has 5 nitrogen and oxygen atoms in total. The lowest BCUT2D eigenvalue weighted by atomic mass is 10.2. The van der Waals surface area contributed by atoms with E-state index in [1.54, 1.807) is 37.2 Å². The van der Waals surface area contributed by atoms with Gasteiger partial charge in [-0.2, -0.15) is 5.26 Å². The number of anilines is 1. The van der Waals surface area contributed by atoms with Crippen LogP contribution in [0.15, 0.2) is 18.3 Å². The first-order chi connectivity index (χ1) is 8.19. The Morgan fingerprint density at radius 3 is 3.06 bits per heavy atom. The van der Waals surface area contributed by atoms with Gasteiger partial charge in [0.25, 0.3) is 0 Å². The van der Waals surface area contributed by atoms with Crippen molar-refractivity contribution < 1.29 is 9.53 Å². The van der Waals surface area contributed by atoms with Crippen molar-refractivity contribution in [2.24, 2.45) is 0 Å². The predicted molar refractivity (Wildman–Crippen MR) is 63.5 cm³/mol. The summed E-state index contributed by atoms with van der Waals surface area (Å²) in [6.07, 6.45) is 1.91. The highest BCUT2D eigenvalue weighted by molar-refractivity contribution is 5.70. The minimum absolute atomic E-state index is 0.242. The van der Waals surface area contributed by atoms with Crippen molar-refractivity contribution in [3.05, 3.63) is 23.9 Å². The van der Waals surface area contributed by atoms with Crippen molar-refractivity contribution in [2.75, 3.05) is 25.1 Å². The Morgan fingerprint density at radius 1 is 1.65 bits per heavy atom. The summed E-state index contributed by atoms with van der Waals surface area (Å²) in [6, 6.07) is 5.48. The molecular weight excluding hydrogens is 218 g/mol. The Kier molecular flexibility index (Phi) is 4.95. The van der Waals surface area contributed by atoms with Gasteiger partial charge in [-0.05, 0) is 19.1 Å². The maximum atomic E-state index is 11.2. The van der Waals surface area contributed by atoms with Gasteiger partial charge >= 0.3 is 5.97 Å². The smallest absolute Gasteiger partial charge is 0.307 e. The maximum Gasteiger partial charge on any atom is 0.307 e. The molecule has 17 heavy (non-hydrogen) atoms. The Morgan fingerprint density at radius 2 is 2.41 bits per heavy atom. The average Bonchev–Trinajstić information content (AvgIpc) is 2.36. The molecule has 1 heterocycles. The van der Waals surface area contributed by atoms with E-state index < -0.39 is 0 Å². The van der Waals surface area contributed by atoms with Gasteiger partial charge in [-0.25, -0.2) is 4.98 Å². The molecule has 0 saturated heterocycles. The third kappa shape index (κ3) is 3.76. The van der Waals surface area contributed by atoms with Crippen LogP contribution >= 0.6 is 0 Å². The van der Waals surface area contributed by atoms with E-state index in [0.29, 0.717) is 24.5 Å². The maximum absolute atomic E-state index is 11.2. The van der Waals surface area contributed by atoms with Gasteiger partial charge in [0.05, 0.1) is 18.6 Å². The summed E-state index contributed by atoms with van der Waals surface area (Å²) < 4.78 is 4.83. The second-order valence-corrected chi connectivity index (χ2v) is 3.46. The van der Waals surface area contributed by atoms with E-state index >= 15 is 0 Å². The van der Waals surface area contributed by atoms with Crippen LogP contribution in [0.2, 0.25) is 0 Å². The number of nitriles is 1. The average molecular weight is 233 g/mol. The number of esters is 1. The molecule has 1 aromatic rings. The van der Waals surface area contributed by atoms with Crippen LogP contribution in [0.5, 0.6) is 0 Å². The zero-order valence-corrected chi connectivity index (χ0v) is 10.0. The molecule has 5 heteroatoms. The SMILES string of the molecule is CCOC(=O)CCN(C)c1ncccc1C#N. The van der Waals surface area contributed by atoms with Gasteiger partial charge in [-0.3, -0.25) is 4.79 Å². The van der Waals surface area contributed by atoms with Crippen LogP contribution in [0.25, 0.3) is 0 Å². The van der Waals surface area contributed by atoms with Gasteiger partial charge in [0.2, 0.25) is 0 Å². The first kappa shape index (κ1) is 13.0. The van der Waals surface area contributed by atoms with E-state index in [0.717, 1.165) is 0 Å². The Hall–Kier alpha value is -2.09. The van der Waals surface area contributed by atoms with E-state index in [4.69, 9.17) is 10.00 Å². The monoisotopic (exact) mass is 233 g/mol. The van der Waals surface area contributed by atoms with Crippen LogP contribution in [0, 0.1) is 11.3 Å². The third-order valence-corrected chi connectivity index (χ3v) is 2.23. The Labute approximate surface area is 101 Å². The normalized spacial score (nSPS) is 9.47. The van der Waals surface area contributed by atoms with Gasteiger partial charge in [-0.15, -0.1) is 0 Å². The van der Waals surface area contributed by atoms with Gasteiger partial charge in [-0.1, -0.05) is 0 Å². The molecular formula is C12H15N3O2. The van der Waals surface area contributed by atoms with E-state index in [-0.39, 0.29) is 12.4 Å². The topological polar surface area (TPSA) is 66.2 Å². The first-order valence-electron chi connectivity index (χ1n) is 5.41. The number of hydrogen-bond acceptors (Lipinski definition) is 5. The fourth-order valence-electron chi connectivity index (χ4n) is 1.39. The summed E-state index contributed by atoms with van der Waals surface area (Å²) in [5, 5.41) is 8.92. The van der Waals surface area contributed by atoms with Crippen molar-refractivity contribution in [3.8, 4) is 6.07 Å². The number of carbonyl (C=O) groups excluding carboxylic acids is 1. The molecule has 0 amide bonds. The Balaban J connectivity index is 2.61. The molecule has 0 unspecified atom stereocenters. The van der Waals surface area contributed by atoms with E-state index in [2.05, 4.69) is 11.1 Å². The standard InChI is InChI=1S/C12H15N3O2/c1-3-17-11(16)6-8-15(2)12-10(9-13)5-4-7-14-12/h4-5,7H,3,6,8H2,1-2H3. The molecule has 0 fully saturated rings. The summed E-state index contributed by atoms with van der Waals surface area (Å²) in [5.41, 5.74) is 0.499. The lowest BCUT2D eigenvalue weighted by molar-refractivity contribution is -0.142. The van der Waals surface area contributed by atoms with Gasteiger partial charge in [0.1, 0.15) is 11.9 Å². The molecule has 0 aliphatic carbocycles. The largest absolute Gasteiger partial charge is 0.466 e. The second kappa shape index (κ2) is 6.48. The molecule has 0 atom stereocenters. The Bertz CT molecular complexity index is 426. The molecule has 0 saturated carbocycles. The molecule has 0 spiro atoms. The van der Waals surface area contributed by atoms with Gasteiger partial charge in [0, 0.05) is 19.8 Å². The quantitative estimate of drug-likeness (QED) is 0.718. The van der Waals surface area contributed by atoms with Crippen LogP contribution in [0.1, 0.15) is 18.9 Å². The molecule has 0 N–H and O–H groups in total. The molecule has 0 radical (unpaired) electrons. The van der Waals surface area contributed by atoms with Crippen LogP contribution in [-0.2, 0) is 9.53 Å². The number of carbonyl (C=O) groups is 1. The summed E-state index contributed by atoms with van der Waals surface area (Å²) in [7, 11) is 1.79. The highest BCUT2D eigenvalue weighted by Crippen LogP contribution is 2.14. The molecule has 90 valence electrons. The lowest BCUT2D eigenvalue weighted by Crippen LogP contribution is -2.23. The fourth-order valence-corrected chi connectivity index (χ4v) is 1.39. The third-order valence-electron chi connectivity index (χ3n) is 2.23. The number of aromatic nitrogens is 1. The summed E-state index contributed by atoms with van der Waals surface area (Å²) >= 11 is 0. The summed E-state index contributed by atoms with van der Waals surface area (Å²) in [6.45, 7) is 2.63.